The van der Waals surface area contributed by atoms with E-state index in [0.29, 0.717) is 18.7 Å². The molecule has 4 nitrogen and oxygen atoms in total. The zero-order valence-corrected chi connectivity index (χ0v) is 12.3. The van der Waals surface area contributed by atoms with E-state index in [-0.39, 0.29) is 16.9 Å². The van der Waals surface area contributed by atoms with Gasteiger partial charge in [0.05, 0.1) is 12.7 Å². The Hall–Kier alpha value is -1.11. The lowest BCUT2D eigenvalue weighted by atomic mass is 10.2. The lowest BCUT2D eigenvalue weighted by Crippen LogP contribution is -2.47. The van der Waals surface area contributed by atoms with Crippen LogP contribution in [0.25, 0.3) is 0 Å². The molecule has 2 rings (SSSR count). The van der Waals surface area contributed by atoms with Crippen molar-refractivity contribution in [1.82, 2.24) is 10.2 Å². The molecule has 0 aliphatic carbocycles. The summed E-state index contributed by atoms with van der Waals surface area (Å²) < 4.78 is 18.7. The van der Waals surface area contributed by atoms with Crippen LogP contribution in [-0.4, -0.2) is 49.7 Å². The van der Waals surface area contributed by atoms with Crippen LogP contribution in [0.4, 0.5) is 4.39 Å². The Morgan fingerprint density at radius 3 is 3.10 bits per heavy atom. The van der Waals surface area contributed by atoms with E-state index in [1.807, 2.05) is 0 Å². The molecule has 1 aliphatic rings. The Labute approximate surface area is 123 Å². The molecule has 1 heterocycles. The standard InChI is InChI=1S/C14H19FN2O2S/c1-2-17-5-6-19-11(9-17)8-16-14(18)10-3-4-12(15)13(20)7-10/h3-4,7,11,20H,2,5-6,8-9H2,1H3,(H,16,18). The Bertz CT molecular complexity index is 484. The predicted octanol–water partition coefficient (Wildman–Crippen LogP) is 1.56. The normalized spacial score (nSPS) is 19.9. The minimum atomic E-state index is -0.431. The van der Waals surface area contributed by atoms with Crippen LogP contribution in [0.5, 0.6) is 0 Å². The summed E-state index contributed by atoms with van der Waals surface area (Å²) in [5.74, 6) is -0.670. The summed E-state index contributed by atoms with van der Waals surface area (Å²) in [6, 6.07) is 4.12. The van der Waals surface area contributed by atoms with Gasteiger partial charge < -0.3 is 10.1 Å². The van der Waals surface area contributed by atoms with Gasteiger partial charge in [0.15, 0.2) is 0 Å². The van der Waals surface area contributed by atoms with Crippen molar-refractivity contribution < 1.29 is 13.9 Å². The third-order valence-corrected chi connectivity index (χ3v) is 3.71. The predicted molar refractivity (Wildman–Crippen MR) is 77.8 cm³/mol. The fourth-order valence-corrected chi connectivity index (χ4v) is 2.37. The number of amides is 1. The van der Waals surface area contributed by atoms with E-state index in [0.717, 1.165) is 19.6 Å². The Balaban J connectivity index is 1.87. The molecule has 1 amide bonds. The highest BCUT2D eigenvalue weighted by Gasteiger charge is 2.20. The number of morpholine rings is 1. The van der Waals surface area contributed by atoms with Gasteiger partial charge in [0, 0.05) is 30.1 Å². The third kappa shape index (κ3) is 3.94. The molecular formula is C14H19FN2O2S. The first-order chi connectivity index (χ1) is 9.60. The lowest BCUT2D eigenvalue weighted by Gasteiger charge is -2.32. The van der Waals surface area contributed by atoms with Gasteiger partial charge in [-0.15, -0.1) is 12.6 Å². The average molecular weight is 298 g/mol. The molecule has 0 spiro atoms. The van der Waals surface area contributed by atoms with E-state index < -0.39 is 5.82 Å². The van der Waals surface area contributed by atoms with Crippen LogP contribution >= 0.6 is 12.6 Å². The van der Waals surface area contributed by atoms with Crippen LogP contribution in [0.2, 0.25) is 0 Å². The summed E-state index contributed by atoms with van der Waals surface area (Å²) in [6.07, 6.45) is 0.00331. The number of halogens is 1. The number of nitrogens with one attached hydrogen (secondary N) is 1. The molecule has 1 saturated heterocycles. The summed E-state index contributed by atoms with van der Waals surface area (Å²) in [5.41, 5.74) is 0.402. The smallest absolute Gasteiger partial charge is 0.251 e. The van der Waals surface area contributed by atoms with Crippen LogP contribution in [0.3, 0.4) is 0 Å². The highest BCUT2D eigenvalue weighted by Crippen LogP contribution is 2.14. The fraction of sp³-hybridized carbons (Fsp3) is 0.500. The number of ether oxygens (including phenoxy) is 1. The van der Waals surface area contributed by atoms with Crippen LogP contribution < -0.4 is 5.32 Å². The fourth-order valence-electron chi connectivity index (χ4n) is 2.15. The zero-order valence-electron chi connectivity index (χ0n) is 11.4. The summed E-state index contributed by atoms with van der Waals surface area (Å²) in [5, 5.41) is 2.81. The molecule has 1 N–H and O–H groups in total. The summed E-state index contributed by atoms with van der Waals surface area (Å²) in [6.45, 7) is 5.97. The van der Waals surface area contributed by atoms with E-state index in [9.17, 15) is 9.18 Å². The quantitative estimate of drug-likeness (QED) is 0.829. The number of rotatable bonds is 4. The van der Waals surface area contributed by atoms with Gasteiger partial charge in [0.2, 0.25) is 0 Å². The van der Waals surface area contributed by atoms with Gasteiger partial charge >= 0.3 is 0 Å². The number of hydrogen-bond acceptors (Lipinski definition) is 4. The monoisotopic (exact) mass is 298 g/mol. The molecule has 0 saturated carbocycles. The molecule has 6 heteroatoms. The van der Waals surface area contributed by atoms with Crippen molar-refractivity contribution in [2.45, 2.75) is 17.9 Å². The number of benzene rings is 1. The number of thiol groups is 1. The molecule has 0 bridgehead atoms. The number of likely N-dealkylation sites (N-methyl/N-ethyl adjacent to an activating group) is 1. The Morgan fingerprint density at radius 1 is 1.60 bits per heavy atom. The zero-order chi connectivity index (χ0) is 14.5. The van der Waals surface area contributed by atoms with Crippen molar-refractivity contribution in [1.29, 1.82) is 0 Å². The van der Waals surface area contributed by atoms with E-state index >= 15 is 0 Å². The molecule has 1 aliphatic heterocycles. The maximum atomic E-state index is 13.1. The van der Waals surface area contributed by atoms with E-state index in [2.05, 4.69) is 29.8 Å². The summed E-state index contributed by atoms with van der Waals surface area (Å²) >= 11 is 3.97. The summed E-state index contributed by atoms with van der Waals surface area (Å²) in [4.78, 5) is 14.4. The van der Waals surface area contributed by atoms with Gasteiger partial charge in [0.1, 0.15) is 5.82 Å². The highest BCUT2D eigenvalue weighted by atomic mass is 32.1. The van der Waals surface area contributed by atoms with E-state index in [1.54, 1.807) is 0 Å². The minimum Gasteiger partial charge on any atom is -0.374 e. The molecule has 110 valence electrons. The van der Waals surface area contributed by atoms with Crippen LogP contribution in [0.15, 0.2) is 23.1 Å². The Morgan fingerprint density at radius 2 is 2.40 bits per heavy atom. The number of carbonyl (C=O) groups is 1. The van der Waals surface area contributed by atoms with Gasteiger partial charge in [-0.2, -0.15) is 0 Å². The van der Waals surface area contributed by atoms with Crippen LogP contribution in [0.1, 0.15) is 17.3 Å². The second-order valence-electron chi connectivity index (χ2n) is 4.76. The van der Waals surface area contributed by atoms with E-state index in [4.69, 9.17) is 4.74 Å². The van der Waals surface area contributed by atoms with Gasteiger partial charge in [-0.05, 0) is 24.7 Å². The van der Waals surface area contributed by atoms with Crippen molar-refractivity contribution in [3.05, 3.63) is 29.6 Å². The first-order valence-corrected chi connectivity index (χ1v) is 7.15. The first-order valence-electron chi connectivity index (χ1n) is 6.70. The van der Waals surface area contributed by atoms with Gasteiger partial charge in [-0.1, -0.05) is 6.92 Å². The number of carbonyl (C=O) groups excluding carboxylic acids is 1. The molecular weight excluding hydrogens is 279 g/mol. The van der Waals surface area contributed by atoms with Crippen molar-refractivity contribution in [2.75, 3.05) is 32.8 Å². The van der Waals surface area contributed by atoms with Gasteiger partial charge in [-0.25, -0.2) is 4.39 Å². The number of hydrogen-bond donors (Lipinski definition) is 2. The summed E-state index contributed by atoms with van der Waals surface area (Å²) in [7, 11) is 0. The van der Waals surface area contributed by atoms with Crippen molar-refractivity contribution in [3.63, 3.8) is 0 Å². The van der Waals surface area contributed by atoms with E-state index in [1.165, 1.54) is 18.2 Å². The Kier molecular flexibility index (Phi) is 5.39. The highest BCUT2D eigenvalue weighted by molar-refractivity contribution is 7.80. The molecule has 1 atom stereocenters. The topological polar surface area (TPSA) is 41.6 Å². The lowest BCUT2D eigenvalue weighted by molar-refractivity contribution is -0.0246. The second-order valence-corrected chi connectivity index (χ2v) is 5.24. The van der Waals surface area contributed by atoms with Crippen molar-refractivity contribution in [3.8, 4) is 0 Å². The van der Waals surface area contributed by atoms with Crippen LogP contribution in [-0.2, 0) is 4.74 Å². The molecule has 1 unspecified atom stereocenters. The van der Waals surface area contributed by atoms with Crippen LogP contribution in [0, 0.1) is 5.82 Å². The maximum absolute atomic E-state index is 13.1. The average Bonchev–Trinajstić information content (AvgIpc) is 2.47. The van der Waals surface area contributed by atoms with Crippen molar-refractivity contribution in [2.24, 2.45) is 0 Å². The second kappa shape index (κ2) is 7.06. The van der Waals surface area contributed by atoms with Gasteiger partial charge in [0.25, 0.3) is 5.91 Å². The largest absolute Gasteiger partial charge is 0.374 e. The molecule has 1 aromatic rings. The molecule has 0 radical (unpaired) electrons. The SMILES string of the molecule is CCN1CCOC(CNC(=O)c2ccc(F)c(S)c2)C1. The van der Waals surface area contributed by atoms with Crippen molar-refractivity contribution >= 4 is 18.5 Å². The maximum Gasteiger partial charge on any atom is 0.251 e. The first kappa shape index (κ1) is 15.3. The molecule has 20 heavy (non-hydrogen) atoms. The number of nitrogens with zero attached hydrogens (tertiary/aromatic N) is 1. The molecule has 1 fully saturated rings. The minimum absolute atomic E-state index is 0.00331. The third-order valence-electron chi connectivity index (χ3n) is 3.37. The van der Waals surface area contributed by atoms with Gasteiger partial charge in [-0.3, -0.25) is 9.69 Å². The molecule has 1 aromatic carbocycles. The molecule has 0 aromatic heterocycles.